The van der Waals surface area contributed by atoms with Gasteiger partial charge >= 0.3 is 5.97 Å². The van der Waals surface area contributed by atoms with Gasteiger partial charge in [0.2, 0.25) is 0 Å². The Labute approximate surface area is 210 Å². The summed E-state index contributed by atoms with van der Waals surface area (Å²) in [7, 11) is 0. The molecule has 2 atom stereocenters. The van der Waals surface area contributed by atoms with Gasteiger partial charge < -0.3 is 19.9 Å². The maximum Gasteiger partial charge on any atom is 0.328 e. The summed E-state index contributed by atoms with van der Waals surface area (Å²) in [5.74, 6) is -1.42. The molecule has 0 aromatic heterocycles. The Kier molecular flexibility index (Phi) is 8.54. The molecule has 0 heterocycles. The third-order valence-electron chi connectivity index (χ3n) is 6.74. The third kappa shape index (κ3) is 6.40. The van der Waals surface area contributed by atoms with Crippen LogP contribution in [-0.4, -0.2) is 35.7 Å². The molecular weight excluding hydrogens is 461 g/mol. The molecule has 0 aliphatic heterocycles. The molecule has 0 spiro atoms. The van der Waals surface area contributed by atoms with Gasteiger partial charge in [-0.05, 0) is 60.9 Å². The van der Waals surface area contributed by atoms with Gasteiger partial charge in [0.05, 0.1) is 24.9 Å². The molecule has 4 rings (SSSR count). The van der Waals surface area contributed by atoms with Crippen LogP contribution in [0.25, 0.3) is 10.8 Å². The maximum absolute atomic E-state index is 13.8. The van der Waals surface area contributed by atoms with E-state index in [1.54, 1.807) is 25.1 Å². The average molecular weight is 494 g/mol. The number of amides is 1. The highest BCUT2D eigenvalue weighted by Crippen LogP contribution is 2.33. The van der Waals surface area contributed by atoms with Crippen molar-refractivity contribution in [2.75, 3.05) is 6.61 Å². The van der Waals surface area contributed by atoms with Crippen molar-refractivity contribution in [3.63, 3.8) is 0 Å². The standard InChI is InChI=1S/C29H32FNO5/c1-19(35-17-20-8-4-2-5-9-20)26(29(33)34)31-28(32)25-14-12-22-16-23(30)13-15-24(22)27(25)36-18-21-10-6-3-7-11-21/h2,4-5,8-9,12-16,19,21,26H,3,6-7,10-11,17-18H2,1H3,(H,31,32)(H,33,34)/t19-,26+/m1/s1. The quantitative estimate of drug-likeness (QED) is 0.377. The van der Waals surface area contributed by atoms with Gasteiger partial charge in [-0.2, -0.15) is 0 Å². The first-order valence-electron chi connectivity index (χ1n) is 12.5. The van der Waals surface area contributed by atoms with Crippen LogP contribution in [0.1, 0.15) is 54.9 Å². The summed E-state index contributed by atoms with van der Waals surface area (Å²) in [6, 6.07) is 15.7. The lowest BCUT2D eigenvalue weighted by atomic mass is 9.90. The Morgan fingerprint density at radius 1 is 1.06 bits per heavy atom. The number of halogens is 1. The zero-order valence-electron chi connectivity index (χ0n) is 20.4. The Morgan fingerprint density at radius 2 is 1.81 bits per heavy atom. The zero-order valence-corrected chi connectivity index (χ0v) is 20.4. The van der Waals surface area contributed by atoms with E-state index in [1.165, 1.54) is 18.6 Å². The van der Waals surface area contributed by atoms with Gasteiger partial charge in [-0.25, -0.2) is 9.18 Å². The first kappa shape index (κ1) is 25.6. The number of rotatable bonds is 10. The summed E-state index contributed by atoms with van der Waals surface area (Å²) in [5.41, 5.74) is 1.12. The Balaban J connectivity index is 1.54. The number of carboxylic acids is 1. The van der Waals surface area contributed by atoms with Crippen molar-refractivity contribution in [1.82, 2.24) is 5.32 Å². The van der Waals surface area contributed by atoms with Gasteiger partial charge in [-0.15, -0.1) is 0 Å². The fraction of sp³-hybridized carbons (Fsp3) is 0.379. The van der Waals surface area contributed by atoms with Crippen LogP contribution in [0.2, 0.25) is 0 Å². The van der Waals surface area contributed by atoms with Crippen LogP contribution in [0.15, 0.2) is 60.7 Å². The molecule has 1 aliphatic carbocycles. The summed E-state index contributed by atoms with van der Waals surface area (Å²) >= 11 is 0. The summed E-state index contributed by atoms with van der Waals surface area (Å²) in [5, 5.41) is 13.6. The van der Waals surface area contributed by atoms with Gasteiger partial charge in [0.15, 0.2) is 6.04 Å². The lowest BCUT2D eigenvalue weighted by Gasteiger charge is -2.24. The van der Waals surface area contributed by atoms with Crippen molar-refractivity contribution >= 4 is 22.6 Å². The van der Waals surface area contributed by atoms with E-state index >= 15 is 0 Å². The number of nitrogens with one attached hydrogen (secondary N) is 1. The first-order valence-corrected chi connectivity index (χ1v) is 12.5. The van der Waals surface area contributed by atoms with Crippen molar-refractivity contribution in [3.05, 3.63) is 77.6 Å². The molecule has 7 heteroatoms. The van der Waals surface area contributed by atoms with Gasteiger partial charge in [0.1, 0.15) is 11.6 Å². The van der Waals surface area contributed by atoms with Crippen molar-refractivity contribution in [3.8, 4) is 5.75 Å². The molecule has 2 N–H and O–H groups in total. The van der Waals surface area contributed by atoms with Crippen LogP contribution in [0.4, 0.5) is 4.39 Å². The Hall–Kier alpha value is -3.45. The van der Waals surface area contributed by atoms with Crippen molar-refractivity contribution in [2.45, 2.75) is 57.8 Å². The summed E-state index contributed by atoms with van der Waals surface area (Å²) in [6.07, 6.45) is 4.88. The van der Waals surface area contributed by atoms with E-state index in [0.29, 0.717) is 29.0 Å². The third-order valence-corrected chi connectivity index (χ3v) is 6.74. The SMILES string of the molecule is C[C@@H](OCc1ccccc1)[C@H](NC(=O)c1ccc2cc(F)ccc2c1OCC1CCCCC1)C(=O)O. The van der Waals surface area contributed by atoms with Gasteiger partial charge in [0.25, 0.3) is 5.91 Å². The molecular formula is C29H32FNO5. The number of hydrogen-bond donors (Lipinski definition) is 2. The molecule has 0 bridgehead atoms. The summed E-state index contributed by atoms with van der Waals surface area (Å²) in [6.45, 7) is 2.29. The zero-order chi connectivity index (χ0) is 25.5. The monoisotopic (exact) mass is 493 g/mol. The normalized spacial score (nSPS) is 15.8. The van der Waals surface area contributed by atoms with Crippen LogP contribution in [0.3, 0.4) is 0 Å². The number of carboxylic acid groups (broad SMARTS) is 1. The van der Waals surface area contributed by atoms with Crippen LogP contribution < -0.4 is 10.1 Å². The molecule has 1 saturated carbocycles. The maximum atomic E-state index is 13.8. The summed E-state index contributed by atoms with van der Waals surface area (Å²) in [4.78, 5) is 25.4. The molecule has 3 aromatic rings. The Bertz CT molecular complexity index is 1190. The minimum Gasteiger partial charge on any atom is -0.492 e. The molecule has 190 valence electrons. The minimum atomic E-state index is -1.27. The van der Waals surface area contributed by atoms with Gasteiger partial charge in [-0.3, -0.25) is 4.79 Å². The second kappa shape index (κ2) is 12.0. The van der Waals surface area contributed by atoms with Gasteiger partial charge in [0, 0.05) is 5.39 Å². The van der Waals surface area contributed by atoms with E-state index in [2.05, 4.69) is 5.32 Å². The van der Waals surface area contributed by atoms with E-state index in [4.69, 9.17) is 9.47 Å². The topological polar surface area (TPSA) is 84.9 Å². The molecule has 1 aliphatic rings. The van der Waals surface area contributed by atoms with Crippen molar-refractivity contribution in [2.24, 2.45) is 5.92 Å². The van der Waals surface area contributed by atoms with E-state index in [0.717, 1.165) is 31.2 Å². The van der Waals surface area contributed by atoms with Gasteiger partial charge in [-0.1, -0.05) is 55.7 Å². The van der Waals surface area contributed by atoms with E-state index in [1.807, 2.05) is 30.3 Å². The largest absolute Gasteiger partial charge is 0.492 e. The molecule has 36 heavy (non-hydrogen) atoms. The highest BCUT2D eigenvalue weighted by Gasteiger charge is 2.29. The lowest BCUT2D eigenvalue weighted by molar-refractivity contribution is -0.143. The minimum absolute atomic E-state index is 0.214. The molecule has 0 saturated heterocycles. The van der Waals surface area contributed by atoms with Crippen molar-refractivity contribution < 1.29 is 28.6 Å². The molecule has 3 aromatic carbocycles. The van der Waals surface area contributed by atoms with Crippen LogP contribution in [0, 0.1) is 11.7 Å². The lowest BCUT2D eigenvalue weighted by Crippen LogP contribution is -2.48. The second-order valence-corrected chi connectivity index (χ2v) is 9.41. The number of carbonyl (C=O) groups excluding carboxylic acids is 1. The van der Waals surface area contributed by atoms with E-state index in [9.17, 15) is 19.1 Å². The molecule has 1 fully saturated rings. The number of benzene rings is 3. The highest BCUT2D eigenvalue weighted by molar-refractivity contribution is 6.05. The van der Waals surface area contributed by atoms with E-state index in [-0.39, 0.29) is 18.0 Å². The molecule has 1 amide bonds. The first-order chi connectivity index (χ1) is 17.4. The highest BCUT2D eigenvalue weighted by atomic mass is 19.1. The molecule has 0 unspecified atom stereocenters. The molecule has 0 radical (unpaired) electrons. The number of carbonyl (C=O) groups is 2. The fourth-order valence-corrected chi connectivity index (χ4v) is 4.66. The van der Waals surface area contributed by atoms with Crippen molar-refractivity contribution in [1.29, 1.82) is 0 Å². The van der Waals surface area contributed by atoms with E-state index < -0.39 is 24.0 Å². The van der Waals surface area contributed by atoms with Crippen LogP contribution in [0.5, 0.6) is 5.75 Å². The average Bonchev–Trinajstić information content (AvgIpc) is 2.89. The van der Waals surface area contributed by atoms with Crippen LogP contribution in [-0.2, 0) is 16.1 Å². The molecule has 6 nitrogen and oxygen atoms in total. The Morgan fingerprint density at radius 3 is 2.53 bits per heavy atom. The second-order valence-electron chi connectivity index (χ2n) is 9.41. The smallest absolute Gasteiger partial charge is 0.328 e. The predicted octanol–water partition coefficient (Wildman–Crippen LogP) is 5.73. The summed E-state index contributed by atoms with van der Waals surface area (Å²) < 4.78 is 25.8. The number of hydrogen-bond acceptors (Lipinski definition) is 4. The number of aliphatic carboxylic acids is 1. The number of ether oxygens (including phenoxy) is 2. The predicted molar refractivity (Wildman–Crippen MR) is 136 cm³/mol. The number of fused-ring (bicyclic) bond motifs is 1. The fourth-order valence-electron chi connectivity index (χ4n) is 4.66. The van der Waals surface area contributed by atoms with Crippen LogP contribution >= 0.6 is 0 Å².